The maximum Gasteiger partial charge on any atom is 0.275 e. The van der Waals surface area contributed by atoms with Crippen LogP contribution in [0.1, 0.15) is 38.3 Å². The van der Waals surface area contributed by atoms with Crippen LogP contribution in [0.25, 0.3) is 16.7 Å². The Morgan fingerprint density at radius 2 is 1.47 bits per heavy atom. The van der Waals surface area contributed by atoms with Crippen molar-refractivity contribution in [2.24, 2.45) is 0 Å². The number of hydrogen-bond donors (Lipinski definition) is 1. The number of fused-ring (bicyclic) bond motifs is 1. The van der Waals surface area contributed by atoms with Crippen LogP contribution in [0.5, 0.6) is 0 Å². The molecule has 4 aromatic carbocycles. The highest BCUT2D eigenvalue weighted by Crippen LogP contribution is 2.43. The van der Waals surface area contributed by atoms with Crippen LogP contribution in [-0.4, -0.2) is 73.2 Å². The fourth-order valence-electron chi connectivity index (χ4n) is 6.07. The fraction of sp³-hybridized carbons (Fsp3) is 0.237. The van der Waals surface area contributed by atoms with E-state index in [1.807, 2.05) is 50.4 Å². The largest absolute Gasteiger partial charge is 0.337 e. The van der Waals surface area contributed by atoms with Crippen molar-refractivity contribution in [2.45, 2.75) is 19.3 Å². The Morgan fingerprint density at radius 1 is 0.787 bits per heavy atom. The summed E-state index contributed by atoms with van der Waals surface area (Å²) in [5, 5.41) is 2.91. The molecule has 47 heavy (non-hydrogen) atoms. The van der Waals surface area contributed by atoms with Crippen molar-refractivity contribution in [2.75, 3.05) is 50.0 Å². The van der Waals surface area contributed by atoms with Crippen LogP contribution in [0.15, 0.2) is 103 Å². The van der Waals surface area contributed by atoms with Crippen molar-refractivity contribution in [3.05, 3.63) is 125 Å². The number of carbonyl (C=O) groups excluding carboxylic acids is 3. The van der Waals surface area contributed by atoms with Gasteiger partial charge in [0.05, 0.1) is 5.69 Å². The minimum absolute atomic E-state index is 0.155. The van der Waals surface area contributed by atoms with E-state index in [9.17, 15) is 14.4 Å². The second kappa shape index (κ2) is 13.3. The van der Waals surface area contributed by atoms with E-state index in [1.165, 1.54) is 11.0 Å². The molecule has 0 aromatic heterocycles. The number of nitrogens with one attached hydrogen (secondary N) is 1. The zero-order valence-electron chi connectivity index (χ0n) is 26.4. The summed E-state index contributed by atoms with van der Waals surface area (Å²) in [6, 6.07) is 28.2. The molecule has 2 aliphatic rings. The predicted molar refractivity (Wildman–Crippen MR) is 181 cm³/mol. The molecule has 240 valence electrons. The van der Waals surface area contributed by atoms with Gasteiger partial charge in [-0.2, -0.15) is 0 Å². The monoisotopic (exact) mass is 634 g/mol. The molecule has 1 fully saturated rings. The molecule has 3 amide bonds. The van der Waals surface area contributed by atoms with Crippen LogP contribution in [0.2, 0.25) is 0 Å². The number of allylic oxidation sites excluding steroid dienone is 1. The van der Waals surface area contributed by atoms with Crippen molar-refractivity contribution in [3.63, 3.8) is 0 Å². The minimum atomic E-state index is -3.32. The summed E-state index contributed by atoms with van der Waals surface area (Å²) in [6.45, 7) is 4.04. The van der Waals surface area contributed by atoms with Gasteiger partial charge in [0.1, 0.15) is 0 Å². The number of anilines is 2. The Hall–Kier alpha value is -5.15. The number of rotatable bonds is 5. The van der Waals surface area contributed by atoms with Gasteiger partial charge in [0, 0.05) is 73.2 Å². The molecule has 1 N–H and O–H groups in total. The third-order valence-electron chi connectivity index (χ3n) is 8.75. The minimum Gasteiger partial charge on any atom is -0.337 e. The number of amides is 3. The summed E-state index contributed by atoms with van der Waals surface area (Å²) in [7, 11) is 1.96. The van der Waals surface area contributed by atoms with Gasteiger partial charge in [-0.15, -0.1) is 0 Å². The van der Waals surface area contributed by atoms with E-state index in [1.54, 1.807) is 59.5 Å². The van der Waals surface area contributed by atoms with Crippen LogP contribution >= 0.6 is 0 Å². The molecular weight excluding hydrogens is 598 g/mol. The van der Waals surface area contributed by atoms with E-state index in [2.05, 4.69) is 10.2 Å². The molecule has 7 nitrogen and oxygen atoms in total. The number of carbonyl (C=O) groups is 3. The van der Waals surface area contributed by atoms with Crippen LogP contribution in [0.3, 0.4) is 0 Å². The Balaban J connectivity index is 1.22. The third kappa shape index (κ3) is 6.85. The van der Waals surface area contributed by atoms with Gasteiger partial charge in [0.25, 0.3) is 17.7 Å². The molecule has 0 atom stereocenters. The molecule has 0 unspecified atom stereocenters. The first-order valence-electron chi connectivity index (χ1n) is 15.7. The van der Waals surface area contributed by atoms with E-state index in [0.717, 1.165) is 22.8 Å². The highest BCUT2D eigenvalue weighted by Gasteiger charge is 2.41. The first kappa shape index (κ1) is 31.8. The lowest BCUT2D eigenvalue weighted by molar-refractivity contribution is -0.127. The maximum atomic E-state index is 15.7. The van der Waals surface area contributed by atoms with Gasteiger partial charge in [-0.1, -0.05) is 66.2 Å². The van der Waals surface area contributed by atoms with Crippen LogP contribution in [0.4, 0.5) is 20.2 Å². The Bertz CT molecular complexity index is 1850. The first-order chi connectivity index (χ1) is 22.6. The van der Waals surface area contributed by atoms with E-state index < -0.39 is 24.2 Å². The molecule has 6 rings (SSSR count). The standard InChI is InChI=1S/C38H36F2N4O3/c1-26-8-7-9-28(24-26)30-10-3-4-11-31(30)36(46)41-29-16-14-27(15-17-29)37(47)44-19-18-38(39,40)33(32-12-5-6-13-34(32)44)25-35(45)43-22-20-42(2)21-23-43/h3-17,24-25H,18-23H2,1-2H3,(H,41,46)/b33-25-. The van der Waals surface area contributed by atoms with Gasteiger partial charge in [-0.05, 0) is 61.5 Å². The number of para-hydroxylation sites is 1. The van der Waals surface area contributed by atoms with Gasteiger partial charge < -0.3 is 20.0 Å². The molecule has 2 aliphatic heterocycles. The van der Waals surface area contributed by atoms with Gasteiger partial charge in [0.15, 0.2) is 0 Å². The number of likely N-dealkylation sites (N-methyl/N-ethyl adjacent to an activating group) is 1. The second-order valence-electron chi connectivity index (χ2n) is 12.1. The normalized spacial score (nSPS) is 17.1. The SMILES string of the molecule is Cc1cccc(-c2ccccc2C(=O)Nc2ccc(C(=O)N3CCC(F)(F)/C(=C\C(=O)N4CCN(C)CC4)c4ccccc43)cc2)c1. The van der Waals surface area contributed by atoms with E-state index in [-0.39, 0.29) is 29.2 Å². The van der Waals surface area contributed by atoms with Gasteiger partial charge in [0.2, 0.25) is 5.91 Å². The molecular formula is C38H36F2N4O3. The number of hydrogen-bond acceptors (Lipinski definition) is 4. The Morgan fingerprint density at radius 3 is 2.19 bits per heavy atom. The summed E-state index contributed by atoms with van der Waals surface area (Å²) in [5.41, 5.74) is 4.19. The Kier molecular flexibility index (Phi) is 9.00. The lowest BCUT2D eigenvalue weighted by atomic mass is 9.96. The molecule has 4 aromatic rings. The lowest BCUT2D eigenvalue weighted by Crippen LogP contribution is -2.46. The summed E-state index contributed by atoms with van der Waals surface area (Å²) < 4.78 is 31.4. The maximum absolute atomic E-state index is 15.7. The number of nitrogens with zero attached hydrogens (tertiary/aromatic N) is 3. The zero-order valence-corrected chi connectivity index (χ0v) is 26.4. The average molecular weight is 635 g/mol. The van der Waals surface area contributed by atoms with Crippen molar-refractivity contribution in [3.8, 4) is 11.1 Å². The van der Waals surface area contributed by atoms with Crippen molar-refractivity contribution in [1.82, 2.24) is 9.80 Å². The fourth-order valence-corrected chi connectivity index (χ4v) is 6.07. The first-order valence-corrected chi connectivity index (χ1v) is 15.7. The summed E-state index contributed by atoms with van der Waals surface area (Å²) in [5.74, 6) is -4.53. The molecule has 0 spiro atoms. The average Bonchev–Trinajstić information content (AvgIpc) is 3.18. The highest BCUT2D eigenvalue weighted by atomic mass is 19.3. The lowest BCUT2D eigenvalue weighted by Gasteiger charge is -2.32. The van der Waals surface area contributed by atoms with E-state index >= 15 is 8.78 Å². The summed E-state index contributed by atoms with van der Waals surface area (Å²) in [4.78, 5) is 45.3. The summed E-state index contributed by atoms with van der Waals surface area (Å²) >= 11 is 0. The van der Waals surface area contributed by atoms with Gasteiger partial charge in [-0.3, -0.25) is 14.4 Å². The molecule has 0 radical (unpaired) electrons. The van der Waals surface area contributed by atoms with Crippen LogP contribution in [-0.2, 0) is 4.79 Å². The molecule has 0 bridgehead atoms. The summed E-state index contributed by atoms with van der Waals surface area (Å²) in [6.07, 6.45) is 0.413. The quantitative estimate of drug-likeness (QED) is 0.247. The van der Waals surface area contributed by atoms with E-state index in [0.29, 0.717) is 43.1 Å². The number of aryl methyl sites for hydroxylation is 1. The van der Waals surface area contributed by atoms with Gasteiger partial charge >= 0.3 is 0 Å². The van der Waals surface area contributed by atoms with Crippen LogP contribution < -0.4 is 10.2 Å². The third-order valence-corrected chi connectivity index (χ3v) is 8.75. The van der Waals surface area contributed by atoms with Crippen LogP contribution in [0, 0.1) is 6.92 Å². The highest BCUT2D eigenvalue weighted by molar-refractivity contribution is 6.11. The number of benzene rings is 4. The Labute approximate surface area is 273 Å². The predicted octanol–water partition coefficient (Wildman–Crippen LogP) is 6.76. The van der Waals surface area contributed by atoms with Crippen molar-refractivity contribution >= 4 is 34.7 Å². The van der Waals surface area contributed by atoms with Crippen molar-refractivity contribution in [1.29, 1.82) is 0 Å². The second-order valence-corrected chi connectivity index (χ2v) is 12.1. The molecule has 1 saturated heterocycles. The topological polar surface area (TPSA) is 73.0 Å². The molecule has 2 heterocycles. The smallest absolute Gasteiger partial charge is 0.275 e. The molecule has 0 saturated carbocycles. The number of piperazine rings is 1. The molecule has 0 aliphatic carbocycles. The van der Waals surface area contributed by atoms with Crippen molar-refractivity contribution < 1.29 is 23.2 Å². The van der Waals surface area contributed by atoms with Gasteiger partial charge in [-0.25, -0.2) is 8.78 Å². The number of alkyl halides is 2. The van der Waals surface area contributed by atoms with E-state index in [4.69, 9.17) is 0 Å². The number of halogens is 2. The zero-order chi connectivity index (χ0) is 33.1. The molecule has 9 heteroatoms.